The molecular weight excluding hydrogens is 664 g/mol. The largest absolute Gasteiger partial charge is 0.494 e. The molecule has 0 fully saturated rings. The van der Waals surface area contributed by atoms with Crippen LogP contribution in [-0.4, -0.2) is 23.8 Å². The molecule has 7 nitrogen and oxygen atoms in total. The lowest BCUT2D eigenvalue weighted by Crippen LogP contribution is -2.40. The van der Waals surface area contributed by atoms with E-state index in [0.717, 1.165) is 26.7 Å². The Labute approximate surface area is 278 Å². The van der Waals surface area contributed by atoms with Gasteiger partial charge in [-0.05, 0) is 61.4 Å². The number of hydrogen-bond acceptors (Lipinski definition) is 7. The molecule has 6 rings (SSSR count). The number of hydrogen-bond donors (Lipinski definition) is 0. The van der Waals surface area contributed by atoms with Crippen molar-refractivity contribution in [1.29, 1.82) is 0 Å². The van der Waals surface area contributed by atoms with E-state index >= 15 is 0 Å². The summed E-state index contributed by atoms with van der Waals surface area (Å²) in [6.07, 6.45) is 1.83. The highest BCUT2D eigenvalue weighted by Crippen LogP contribution is 2.35. The molecule has 9 heteroatoms. The molecule has 0 unspecified atom stereocenters. The van der Waals surface area contributed by atoms with Crippen LogP contribution in [0.4, 0.5) is 0 Å². The monoisotopic (exact) mass is 694 g/mol. The Morgan fingerprint density at radius 2 is 1.61 bits per heavy atom. The predicted molar refractivity (Wildman–Crippen MR) is 184 cm³/mol. The quantitative estimate of drug-likeness (QED) is 0.153. The zero-order valence-electron chi connectivity index (χ0n) is 25.3. The summed E-state index contributed by atoms with van der Waals surface area (Å²) in [6.45, 7) is 4.76. The number of thiazole rings is 1. The van der Waals surface area contributed by atoms with Crippen molar-refractivity contribution in [2.75, 3.05) is 13.2 Å². The van der Waals surface area contributed by atoms with E-state index in [2.05, 4.69) is 15.9 Å². The molecule has 0 saturated heterocycles. The number of ether oxygens (including phenoxy) is 3. The van der Waals surface area contributed by atoms with Crippen LogP contribution in [0.25, 0.3) is 11.8 Å². The lowest BCUT2D eigenvalue weighted by atomic mass is 9.93. The van der Waals surface area contributed by atoms with Crippen LogP contribution in [0.3, 0.4) is 0 Å². The number of aromatic nitrogens is 1. The fourth-order valence-electron chi connectivity index (χ4n) is 5.28. The first-order chi connectivity index (χ1) is 22.5. The molecule has 0 amide bonds. The first-order valence-electron chi connectivity index (χ1n) is 14.9. The summed E-state index contributed by atoms with van der Waals surface area (Å²) in [5.74, 6) is 0.824. The van der Waals surface area contributed by atoms with E-state index in [1.165, 1.54) is 11.3 Å². The average Bonchev–Trinajstić information content (AvgIpc) is 3.39. The maximum Gasteiger partial charge on any atom is 0.338 e. The third kappa shape index (κ3) is 6.61. The average molecular weight is 696 g/mol. The van der Waals surface area contributed by atoms with Crippen LogP contribution in [0.2, 0.25) is 0 Å². The zero-order valence-corrected chi connectivity index (χ0v) is 27.7. The minimum atomic E-state index is -0.771. The van der Waals surface area contributed by atoms with Gasteiger partial charge in [0.05, 0.1) is 35.1 Å². The Balaban J connectivity index is 1.51. The summed E-state index contributed by atoms with van der Waals surface area (Å²) in [5, 5.41) is 0. The number of halogens is 1. The van der Waals surface area contributed by atoms with Crippen LogP contribution in [-0.2, 0) is 16.1 Å². The Kier molecular flexibility index (Phi) is 9.61. The van der Waals surface area contributed by atoms with Gasteiger partial charge < -0.3 is 14.2 Å². The maximum absolute atomic E-state index is 14.3. The van der Waals surface area contributed by atoms with E-state index in [9.17, 15) is 9.59 Å². The molecule has 1 atom stereocenters. The normalized spacial score (nSPS) is 14.4. The van der Waals surface area contributed by atoms with Crippen molar-refractivity contribution >= 4 is 45.0 Å². The van der Waals surface area contributed by atoms with Crippen LogP contribution in [0.5, 0.6) is 11.5 Å². The van der Waals surface area contributed by atoms with Crippen LogP contribution in [0.1, 0.15) is 42.1 Å². The van der Waals surface area contributed by atoms with Crippen LogP contribution in [0, 0.1) is 0 Å². The van der Waals surface area contributed by atoms with Crippen LogP contribution >= 0.6 is 27.3 Å². The van der Waals surface area contributed by atoms with Gasteiger partial charge in [-0.1, -0.05) is 100 Å². The van der Waals surface area contributed by atoms with E-state index in [1.54, 1.807) is 11.5 Å². The fraction of sp³-hybridized carbons (Fsp3) is 0.162. The van der Waals surface area contributed by atoms with Gasteiger partial charge in [-0.15, -0.1) is 0 Å². The number of nitrogens with zero attached hydrogens (tertiary/aromatic N) is 2. The third-order valence-electron chi connectivity index (χ3n) is 7.39. The predicted octanol–water partition coefficient (Wildman–Crippen LogP) is 6.68. The van der Waals surface area contributed by atoms with Crippen molar-refractivity contribution < 1.29 is 19.0 Å². The van der Waals surface area contributed by atoms with Crippen molar-refractivity contribution in [3.63, 3.8) is 0 Å². The standard InChI is InChI=1S/C37H31BrN2O5S/c1-3-43-29-20-16-26(17-21-29)34-32(36(42)44-4-2)33(25-10-6-5-7-11-25)39-37-40(34)35(41)31(46-37)22-27-12-8-9-13-30(27)45-23-24-14-18-28(38)19-15-24/h5-22,34H,3-4,23H2,1-2H3/b31-22-/t34-/m0/s1. The Bertz CT molecular complexity index is 2070. The molecule has 0 aliphatic carbocycles. The second-order valence-electron chi connectivity index (χ2n) is 10.4. The number of benzene rings is 4. The minimum absolute atomic E-state index is 0.182. The van der Waals surface area contributed by atoms with Gasteiger partial charge in [0.1, 0.15) is 18.1 Å². The van der Waals surface area contributed by atoms with E-state index in [0.29, 0.717) is 45.3 Å². The van der Waals surface area contributed by atoms with E-state index in [-0.39, 0.29) is 12.2 Å². The van der Waals surface area contributed by atoms with Crippen LogP contribution in [0.15, 0.2) is 123 Å². The minimum Gasteiger partial charge on any atom is -0.494 e. The van der Waals surface area contributed by atoms with Gasteiger partial charge in [0.15, 0.2) is 4.80 Å². The second kappa shape index (κ2) is 14.1. The SMILES string of the molecule is CCOC(=O)C1=C(c2ccccc2)N=c2s/c(=C\c3ccccc3OCc3ccc(Br)cc3)c(=O)n2[C@H]1c1ccc(OCC)cc1. The van der Waals surface area contributed by atoms with Gasteiger partial charge in [-0.25, -0.2) is 9.79 Å². The summed E-state index contributed by atoms with van der Waals surface area (Å²) in [4.78, 5) is 33.4. The Morgan fingerprint density at radius 1 is 0.891 bits per heavy atom. The molecule has 0 bridgehead atoms. The molecule has 5 aromatic rings. The Morgan fingerprint density at radius 3 is 2.33 bits per heavy atom. The first-order valence-corrected chi connectivity index (χ1v) is 16.5. The molecule has 0 radical (unpaired) electrons. The number of para-hydroxylation sites is 1. The highest BCUT2D eigenvalue weighted by molar-refractivity contribution is 9.10. The second-order valence-corrected chi connectivity index (χ2v) is 12.3. The van der Waals surface area contributed by atoms with Gasteiger partial charge in [-0.3, -0.25) is 9.36 Å². The maximum atomic E-state index is 14.3. The highest BCUT2D eigenvalue weighted by atomic mass is 79.9. The topological polar surface area (TPSA) is 79.1 Å². The molecule has 232 valence electrons. The molecule has 0 saturated carbocycles. The molecule has 1 aliphatic rings. The lowest BCUT2D eigenvalue weighted by molar-refractivity contribution is -0.138. The van der Waals surface area contributed by atoms with Crippen molar-refractivity contribution in [1.82, 2.24) is 4.57 Å². The summed E-state index contributed by atoms with van der Waals surface area (Å²) in [6, 6.07) is 31.7. The van der Waals surface area contributed by atoms with Gasteiger partial charge in [0, 0.05) is 15.6 Å². The van der Waals surface area contributed by atoms with E-state index < -0.39 is 12.0 Å². The van der Waals surface area contributed by atoms with Crippen LogP contribution < -0.4 is 24.4 Å². The number of rotatable bonds is 10. The van der Waals surface area contributed by atoms with Crippen molar-refractivity contribution in [3.8, 4) is 11.5 Å². The van der Waals surface area contributed by atoms with Crippen molar-refractivity contribution in [3.05, 3.63) is 155 Å². The van der Waals surface area contributed by atoms with E-state index in [4.69, 9.17) is 19.2 Å². The van der Waals surface area contributed by atoms with E-state index in [1.807, 2.05) is 116 Å². The highest BCUT2D eigenvalue weighted by Gasteiger charge is 2.35. The van der Waals surface area contributed by atoms with Gasteiger partial charge in [-0.2, -0.15) is 0 Å². The van der Waals surface area contributed by atoms with Crippen molar-refractivity contribution in [2.24, 2.45) is 4.99 Å². The third-order valence-corrected chi connectivity index (χ3v) is 8.91. The molecule has 4 aromatic carbocycles. The fourth-order valence-corrected chi connectivity index (χ4v) is 6.54. The number of carbonyl (C=O) groups excluding carboxylic acids is 1. The molecule has 0 spiro atoms. The molecule has 1 aliphatic heterocycles. The number of carbonyl (C=O) groups is 1. The Hall–Kier alpha value is -4.73. The van der Waals surface area contributed by atoms with Gasteiger partial charge >= 0.3 is 5.97 Å². The lowest BCUT2D eigenvalue weighted by Gasteiger charge is -2.26. The number of esters is 1. The molecule has 46 heavy (non-hydrogen) atoms. The van der Waals surface area contributed by atoms with Gasteiger partial charge in [0.2, 0.25) is 0 Å². The molecule has 2 heterocycles. The zero-order chi connectivity index (χ0) is 32.0. The first kappa shape index (κ1) is 31.3. The summed E-state index contributed by atoms with van der Waals surface area (Å²) in [5.41, 5.74) is 3.78. The van der Waals surface area contributed by atoms with Crippen molar-refractivity contribution in [2.45, 2.75) is 26.5 Å². The number of fused-ring (bicyclic) bond motifs is 1. The molecule has 0 N–H and O–H groups in total. The van der Waals surface area contributed by atoms with Gasteiger partial charge in [0.25, 0.3) is 5.56 Å². The summed E-state index contributed by atoms with van der Waals surface area (Å²) < 4.78 is 20.5. The molecular formula is C37H31BrN2O5S. The summed E-state index contributed by atoms with van der Waals surface area (Å²) in [7, 11) is 0. The smallest absolute Gasteiger partial charge is 0.338 e. The summed E-state index contributed by atoms with van der Waals surface area (Å²) >= 11 is 4.74. The molecule has 1 aromatic heterocycles.